The maximum Gasteiger partial charge on any atom is 0.163 e. The van der Waals surface area contributed by atoms with Crippen molar-refractivity contribution in [1.82, 2.24) is 0 Å². The normalized spacial score (nSPS) is 9.75. The predicted molar refractivity (Wildman–Crippen MR) is 37.3 cm³/mol. The van der Waals surface area contributed by atoms with Crippen molar-refractivity contribution in [1.29, 1.82) is 0 Å². The van der Waals surface area contributed by atoms with Gasteiger partial charge in [0.25, 0.3) is 0 Å². The Hall–Kier alpha value is -0.0300. The van der Waals surface area contributed by atoms with Gasteiger partial charge in [0.15, 0.2) is 3.77 Å². The van der Waals surface area contributed by atoms with E-state index in [-0.39, 0.29) is 6.61 Å². The monoisotopic (exact) mass is 224 g/mol. The number of furan rings is 1. The van der Waals surface area contributed by atoms with Crippen LogP contribution in [0.2, 0.25) is 0 Å². The minimum absolute atomic E-state index is 0.0620. The molecular formula is C5H5IO2. The van der Waals surface area contributed by atoms with Gasteiger partial charge in [-0.2, -0.15) is 0 Å². The van der Waals surface area contributed by atoms with E-state index < -0.39 is 0 Å². The Kier molecular flexibility index (Phi) is 1.90. The van der Waals surface area contributed by atoms with Crippen molar-refractivity contribution in [2.75, 3.05) is 0 Å². The standard InChI is InChI=1S/C5H5IO2/c6-5-1-4(2-7)3-8-5/h1,3,7H,2H2. The zero-order valence-corrected chi connectivity index (χ0v) is 6.25. The topological polar surface area (TPSA) is 33.4 Å². The van der Waals surface area contributed by atoms with Crippen LogP contribution in [0.15, 0.2) is 16.7 Å². The van der Waals surface area contributed by atoms with Gasteiger partial charge in [-0.1, -0.05) is 0 Å². The van der Waals surface area contributed by atoms with Gasteiger partial charge >= 0.3 is 0 Å². The molecule has 1 aromatic heterocycles. The summed E-state index contributed by atoms with van der Waals surface area (Å²) in [6.45, 7) is 0.0620. The fourth-order valence-electron chi connectivity index (χ4n) is 0.429. The summed E-state index contributed by atoms with van der Waals surface area (Å²) in [7, 11) is 0. The van der Waals surface area contributed by atoms with Crippen LogP contribution in [0.5, 0.6) is 0 Å². The molecule has 1 rings (SSSR count). The van der Waals surface area contributed by atoms with Crippen LogP contribution in [0.4, 0.5) is 0 Å². The Bertz CT molecular complexity index is 171. The number of hydrogen-bond donors (Lipinski definition) is 1. The summed E-state index contributed by atoms with van der Waals surface area (Å²) in [6, 6.07) is 1.79. The molecule has 0 aliphatic rings. The molecule has 0 unspecified atom stereocenters. The molecule has 0 saturated carbocycles. The van der Waals surface area contributed by atoms with Gasteiger partial charge in [-0.15, -0.1) is 0 Å². The van der Waals surface area contributed by atoms with Crippen LogP contribution in [0, 0.1) is 3.77 Å². The van der Waals surface area contributed by atoms with Crippen LogP contribution in [0.25, 0.3) is 0 Å². The zero-order chi connectivity index (χ0) is 5.98. The maximum absolute atomic E-state index is 8.49. The van der Waals surface area contributed by atoms with Gasteiger partial charge in [0.1, 0.15) is 0 Å². The average Bonchev–Trinajstić information content (AvgIpc) is 2.14. The lowest BCUT2D eigenvalue weighted by molar-refractivity contribution is 0.280. The molecule has 1 aromatic rings. The van der Waals surface area contributed by atoms with Crippen LogP contribution in [0.3, 0.4) is 0 Å². The summed E-state index contributed by atoms with van der Waals surface area (Å²) >= 11 is 2.05. The molecule has 0 saturated heterocycles. The summed E-state index contributed by atoms with van der Waals surface area (Å²) in [5, 5.41) is 8.49. The smallest absolute Gasteiger partial charge is 0.163 e. The fraction of sp³-hybridized carbons (Fsp3) is 0.200. The summed E-state index contributed by atoms with van der Waals surface area (Å²) < 4.78 is 5.69. The van der Waals surface area contributed by atoms with Crippen molar-refractivity contribution in [2.45, 2.75) is 6.61 Å². The third-order valence-corrected chi connectivity index (χ3v) is 1.37. The first-order valence-electron chi connectivity index (χ1n) is 2.16. The Balaban J connectivity index is 2.84. The van der Waals surface area contributed by atoms with Crippen LogP contribution < -0.4 is 0 Å². The number of hydrogen-bond acceptors (Lipinski definition) is 2. The summed E-state index contributed by atoms with van der Waals surface area (Å²) in [4.78, 5) is 0. The van der Waals surface area contributed by atoms with Gasteiger partial charge in [-0.25, -0.2) is 0 Å². The summed E-state index contributed by atoms with van der Waals surface area (Å²) in [6.07, 6.45) is 1.54. The van der Waals surface area contributed by atoms with Gasteiger partial charge < -0.3 is 9.52 Å². The van der Waals surface area contributed by atoms with E-state index in [2.05, 4.69) is 0 Å². The molecule has 0 aliphatic carbocycles. The molecular weight excluding hydrogens is 219 g/mol. The van der Waals surface area contributed by atoms with E-state index in [1.165, 1.54) is 0 Å². The Morgan fingerprint density at radius 2 is 2.50 bits per heavy atom. The molecule has 0 bridgehead atoms. The maximum atomic E-state index is 8.49. The third kappa shape index (κ3) is 1.23. The van der Waals surface area contributed by atoms with Crippen molar-refractivity contribution >= 4 is 22.6 Å². The van der Waals surface area contributed by atoms with Crippen LogP contribution in [-0.4, -0.2) is 5.11 Å². The van der Waals surface area contributed by atoms with Crippen LogP contribution in [-0.2, 0) is 6.61 Å². The van der Waals surface area contributed by atoms with E-state index >= 15 is 0 Å². The minimum Gasteiger partial charge on any atom is -0.458 e. The van der Waals surface area contributed by atoms with Crippen molar-refractivity contribution in [3.63, 3.8) is 0 Å². The second kappa shape index (κ2) is 2.50. The first-order chi connectivity index (χ1) is 3.83. The third-order valence-electron chi connectivity index (χ3n) is 0.804. The number of aliphatic hydroxyl groups excluding tert-OH is 1. The Morgan fingerprint density at radius 3 is 2.75 bits per heavy atom. The van der Waals surface area contributed by atoms with E-state index in [9.17, 15) is 0 Å². The number of rotatable bonds is 1. The summed E-state index contributed by atoms with van der Waals surface area (Å²) in [5.41, 5.74) is 0.828. The minimum atomic E-state index is 0.0620. The van der Waals surface area contributed by atoms with Crippen molar-refractivity contribution in [2.24, 2.45) is 0 Å². The SMILES string of the molecule is OCc1coc(I)c1. The highest BCUT2D eigenvalue weighted by molar-refractivity contribution is 14.1. The second-order valence-corrected chi connectivity index (χ2v) is 2.48. The Labute approximate surface area is 60.6 Å². The van der Waals surface area contributed by atoms with Gasteiger partial charge in [-0.3, -0.25) is 0 Å². The van der Waals surface area contributed by atoms with Crippen molar-refractivity contribution in [3.8, 4) is 0 Å². The van der Waals surface area contributed by atoms with E-state index in [1.54, 1.807) is 12.3 Å². The molecule has 0 amide bonds. The van der Waals surface area contributed by atoms with E-state index in [4.69, 9.17) is 9.52 Å². The van der Waals surface area contributed by atoms with Gasteiger partial charge in [0, 0.05) is 5.56 Å². The quantitative estimate of drug-likeness (QED) is 0.731. The van der Waals surface area contributed by atoms with Crippen molar-refractivity contribution in [3.05, 3.63) is 21.7 Å². The lowest BCUT2D eigenvalue weighted by atomic mass is 10.4. The highest BCUT2D eigenvalue weighted by Crippen LogP contribution is 2.08. The number of aliphatic hydroxyl groups is 1. The largest absolute Gasteiger partial charge is 0.458 e. The highest BCUT2D eigenvalue weighted by Gasteiger charge is 1.93. The molecule has 0 atom stereocenters. The molecule has 2 nitrogen and oxygen atoms in total. The molecule has 1 heterocycles. The van der Waals surface area contributed by atoms with E-state index in [0.29, 0.717) is 0 Å². The molecule has 0 radical (unpaired) electrons. The molecule has 8 heavy (non-hydrogen) atoms. The predicted octanol–water partition coefficient (Wildman–Crippen LogP) is 1.38. The van der Waals surface area contributed by atoms with Gasteiger partial charge in [-0.05, 0) is 28.7 Å². The first-order valence-corrected chi connectivity index (χ1v) is 3.24. The van der Waals surface area contributed by atoms with Gasteiger partial charge in [0.2, 0.25) is 0 Å². The van der Waals surface area contributed by atoms with Gasteiger partial charge in [0.05, 0.1) is 12.9 Å². The molecule has 0 aromatic carbocycles. The molecule has 1 N–H and O–H groups in total. The molecule has 0 aliphatic heterocycles. The second-order valence-electron chi connectivity index (χ2n) is 1.42. The number of halogens is 1. The molecule has 0 fully saturated rings. The fourth-order valence-corrected chi connectivity index (χ4v) is 0.956. The lowest BCUT2D eigenvalue weighted by Gasteiger charge is -1.77. The molecule has 3 heteroatoms. The molecule has 0 spiro atoms. The zero-order valence-electron chi connectivity index (χ0n) is 4.10. The Morgan fingerprint density at radius 1 is 1.75 bits per heavy atom. The lowest BCUT2D eigenvalue weighted by Crippen LogP contribution is -1.72. The average molecular weight is 224 g/mol. The van der Waals surface area contributed by atoms with E-state index in [0.717, 1.165) is 9.33 Å². The molecule has 44 valence electrons. The summed E-state index contributed by atoms with van der Waals surface area (Å²) in [5.74, 6) is 0. The van der Waals surface area contributed by atoms with E-state index in [1.807, 2.05) is 22.6 Å². The van der Waals surface area contributed by atoms with Crippen LogP contribution >= 0.6 is 22.6 Å². The highest BCUT2D eigenvalue weighted by atomic mass is 127. The first kappa shape index (κ1) is 6.10. The van der Waals surface area contributed by atoms with Crippen LogP contribution in [0.1, 0.15) is 5.56 Å². The van der Waals surface area contributed by atoms with Crippen molar-refractivity contribution < 1.29 is 9.52 Å².